The second-order valence-corrected chi connectivity index (χ2v) is 7.59. The lowest BCUT2D eigenvalue weighted by Gasteiger charge is -2.42. The number of hydrogen-bond donors (Lipinski definition) is 2. The van der Waals surface area contributed by atoms with Crippen molar-refractivity contribution in [1.82, 2.24) is 25.7 Å². The van der Waals surface area contributed by atoms with E-state index in [0.717, 1.165) is 31.7 Å². The predicted octanol–water partition coefficient (Wildman–Crippen LogP) is 3.04. The van der Waals surface area contributed by atoms with E-state index in [1.165, 1.54) is 12.1 Å². The van der Waals surface area contributed by atoms with Gasteiger partial charge in [-0.25, -0.2) is 8.78 Å². The highest BCUT2D eigenvalue weighted by atomic mass is 19.1. The van der Waals surface area contributed by atoms with E-state index in [1.54, 1.807) is 6.07 Å². The van der Waals surface area contributed by atoms with Crippen molar-refractivity contribution in [3.05, 3.63) is 36.5 Å². The highest BCUT2D eigenvalue weighted by Gasteiger charge is 2.41. The van der Waals surface area contributed by atoms with Crippen molar-refractivity contribution in [2.45, 2.75) is 50.0 Å². The molecular formula is C20H19F2N5O3. The van der Waals surface area contributed by atoms with Gasteiger partial charge < -0.3 is 19.6 Å². The molecule has 2 aliphatic heterocycles. The number of hydrogen-bond acceptors (Lipinski definition) is 8. The molecule has 0 saturated carbocycles. The van der Waals surface area contributed by atoms with Crippen molar-refractivity contribution in [3.8, 4) is 34.3 Å². The molecule has 2 saturated heterocycles. The monoisotopic (exact) mass is 415 g/mol. The number of nitrogens with one attached hydrogen (secondary N) is 1. The average molecular weight is 415 g/mol. The van der Waals surface area contributed by atoms with Crippen molar-refractivity contribution in [2.75, 3.05) is 0 Å². The summed E-state index contributed by atoms with van der Waals surface area (Å²) >= 11 is 0. The van der Waals surface area contributed by atoms with Gasteiger partial charge in [-0.05, 0) is 31.0 Å². The summed E-state index contributed by atoms with van der Waals surface area (Å²) in [6, 6.07) is 5.45. The van der Waals surface area contributed by atoms with Crippen LogP contribution >= 0.6 is 0 Å². The summed E-state index contributed by atoms with van der Waals surface area (Å²) in [5.41, 5.74) is 0.372. The molecule has 3 aromatic rings. The molecule has 2 fully saturated rings. The van der Waals surface area contributed by atoms with Crippen molar-refractivity contribution < 1.29 is 23.0 Å². The Kier molecular flexibility index (Phi) is 4.78. The Morgan fingerprint density at radius 2 is 2.03 bits per heavy atom. The molecule has 5 rings (SSSR count). The largest absolute Gasteiger partial charge is 0.507 e. The number of rotatable bonds is 4. The number of phenols is 1. The Morgan fingerprint density at radius 3 is 2.80 bits per heavy atom. The van der Waals surface area contributed by atoms with Crippen LogP contribution in [0.4, 0.5) is 8.78 Å². The van der Waals surface area contributed by atoms with Gasteiger partial charge >= 0.3 is 0 Å². The lowest BCUT2D eigenvalue weighted by atomic mass is 9.84. The molecule has 2 bridgehead atoms. The van der Waals surface area contributed by atoms with Crippen LogP contribution in [-0.4, -0.2) is 49.9 Å². The fourth-order valence-corrected chi connectivity index (χ4v) is 4.18. The number of piperidine rings is 2. The van der Waals surface area contributed by atoms with E-state index < -0.39 is 18.1 Å². The maximum absolute atomic E-state index is 14.7. The molecule has 8 nitrogen and oxygen atoms in total. The SMILES string of the molecule is Oc1cc(-c2nnco2)c(F)cc1-c1ccc(O[C@H]2C[C@@H]3CCC[C@@H](N3)[C@H]2F)nn1. The molecule has 1 aromatic carbocycles. The van der Waals surface area contributed by atoms with E-state index in [9.17, 15) is 13.9 Å². The fourth-order valence-electron chi connectivity index (χ4n) is 4.18. The molecule has 0 radical (unpaired) electrons. The number of fused-ring (bicyclic) bond motifs is 2. The Morgan fingerprint density at radius 1 is 1.13 bits per heavy atom. The van der Waals surface area contributed by atoms with Crippen molar-refractivity contribution in [2.24, 2.45) is 0 Å². The maximum atomic E-state index is 14.7. The Labute approximate surface area is 170 Å². The van der Waals surface area contributed by atoms with Crippen LogP contribution < -0.4 is 10.1 Å². The summed E-state index contributed by atoms with van der Waals surface area (Å²) in [6.07, 6.45) is 2.78. The van der Waals surface area contributed by atoms with E-state index in [4.69, 9.17) is 9.15 Å². The summed E-state index contributed by atoms with van der Waals surface area (Å²) in [5.74, 6) is -0.733. The first-order valence-corrected chi connectivity index (χ1v) is 9.78. The van der Waals surface area contributed by atoms with Gasteiger partial charge in [0.15, 0.2) is 6.17 Å². The van der Waals surface area contributed by atoms with E-state index in [-0.39, 0.29) is 46.4 Å². The van der Waals surface area contributed by atoms with Gasteiger partial charge in [0, 0.05) is 30.1 Å². The minimum absolute atomic E-state index is 0.0212. The molecule has 0 unspecified atom stereocenters. The molecule has 4 heterocycles. The lowest BCUT2D eigenvalue weighted by Crippen LogP contribution is -2.59. The first-order valence-electron chi connectivity index (χ1n) is 9.78. The summed E-state index contributed by atoms with van der Waals surface area (Å²) in [6.45, 7) is 0. The quantitative estimate of drug-likeness (QED) is 0.670. The van der Waals surface area contributed by atoms with Crippen LogP contribution in [0.3, 0.4) is 0 Å². The highest BCUT2D eigenvalue weighted by Crippen LogP contribution is 2.35. The van der Waals surface area contributed by atoms with Gasteiger partial charge in [0.2, 0.25) is 12.3 Å². The van der Waals surface area contributed by atoms with E-state index in [0.29, 0.717) is 6.42 Å². The number of benzene rings is 1. The van der Waals surface area contributed by atoms with Crippen LogP contribution in [0, 0.1) is 5.82 Å². The average Bonchev–Trinajstić information content (AvgIpc) is 3.29. The lowest BCUT2D eigenvalue weighted by molar-refractivity contribution is 0.00652. The van der Waals surface area contributed by atoms with Crippen LogP contribution in [0.5, 0.6) is 11.6 Å². The third kappa shape index (κ3) is 3.47. The first kappa shape index (κ1) is 18.9. The zero-order valence-corrected chi connectivity index (χ0v) is 15.8. The summed E-state index contributed by atoms with van der Waals surface area (Å²) in [5, 5.41) is 28.8. The van der Waals surface area contributed by atoms with Crippen LogP contribution in [0.2, 0.25) is 0 Å². The molecule has 156 valence electrons. The van der Waals surface area contributed by atoms with Crippen molar-refractivity contribution in [1.29, 1.82) is 0 Å². The summed E-state index contributed by atoms with van der Waals surface area (Å²) in [4.78, 5) is 0. The van der Waals surface area contributed by atoms with E-state index >= 15 is 0 Å². The molecule has 2 N–H and O–H groups in total. The number of halogens is 2. The van der Waals surface area contributed by atoms with Crippen LogP contribution in [-0.2, 0) is 0 Å². The van der Waals surface area contributed by atoms with Crippen LogP contribution in [0.15, 0.2) is 35.1 Å². The topological polar surface area (TPSA) is 106 Å². The molecule has 10 heteroatoms. The summed E-state index contributed by atoms with van der Waals surface area (Å²) < 4.78 is 39.9. The van der Waals surface area contributed by atoms with Crippen molar-refractivity contribution >= 4 is 0 Å². The van der Waals surface area contributed by atoms with Crippen LogP contribution in [0.1, 0.15) is 25.7 Å². The van der Waals surface area contributed by atoms with E-state index in [1.807, 2.05) is 0 Å². The normalized spacial score (nSPS) is 25.8. The van der Waals surface area contributed by atoms with Gasteiger partial charge in [0.05, 0.1) is 11.3 Å². The fraction of sp³-hybridized carbons (Fsp3) is 0.400. The van der Waals surface area contributed by atoms with Gasteiger partial charge in [0.25, 0.3) is 5.89 Å². The number of nitrogens with zero attached hydrogens (tertiary/aromatic N) is 4. The van der Waals surface area contributed by atoms with E-state index in [2.05, 4.69) is 25.7 Å². The molecule has 0 amide bonds. The number of aromatic hydroxyl groups is 1. The predicted molar refractivity (Wildman–Crippen MR) is 101 cm³/mol. The Hall–Kier alpha value is -3.14. The number of aromatic nitrogens is 4. The van der Waals surface area contributed by atoms with Gasteiger partial charge in [-0.3, -0.25) is 0 Å². The zero-order chi connectivity index (χ0) is 20.7. The van der Waals surface area contributed by atoms with Gasteiger partial charge in [-0.2, -0.15) is 0 Å². The third-order valence-electron chi connectivity index (χ3n) is 5.64. The highest BCUT2D eigenvalue weighted by molar-refractivity contribution is 5.71. The van der Waals surface area contributed by atoms with Crippen LogP contribution in [0.25, 0.3) is 22.7 Å². The zero-order valence-electron chi connectivity index (χ0n) is 15.8. The molecule has 2 aliphatic rings. The Bertz CT molecular complexity index is 1030. The van der Waals surface area contributed by atoms with Crippen molar-refractivity contribution in [3.63, 3.8) is 0 Å². The second-order valence-electron chi connectivity index (χ2n) is 7.59. The number of ether oxygens (including phenoxy) is 1. The molecule has 0 spiro atoms. The minimum atomic E-state index is -1.11. The van der Waals surface area contributed by atoms with Gasteiger partial charge in [0.1, 0.15) is 17.7 Å². The molecule has 30 heavy (non-hydrogen) atoms. The summed E-state index contributed by atoms with van der Waals surface area (Å²) in [7, 11) is 0. The molecule has 4 atom stereocenters. The Balaban J connectivity index is 1.35. The second kappa shape index (κ2) is 7.60. The molecular weight excluding hydrogens is 396 g/mol. The third-order valence-corrected chi connectivity index (χ3v) is 5.64. The number of phenolic OH excluding ortho intramolecular Hbond substituents is 1. The first-order chi connectivity index (χ1) is 14.6. The molecule has 2 aromatic heterocycles. The number of alkyl halides is 1. The standard InChI is InChI=1S/C20H19F2N5O3/c21-13-7-12(16(28)8-11(13)20-27-23-9-29-20)14-4-5-18(26-25-14)30-17-6-10-2-1-3-15(24-10)19(17)22/h4-5,7-10,15,17,19,24,28H,1-3,6H2/t10-,15+,17-,19+/m0/s1. The van der Waals surface area contributed by atoms with Gasteiger partial charge in [-0.15, -0.1) is 20.4 Å². The maximum Gasteiger partial charge on any atom is 0.250 e. The molecule has 0 aliphatic carbocycles. The minimum Gasteiger partial charge on any atom is -0.507 e. The van der Waals surface area contributed by atoms with Gasteiger partial charge in [-0.1, -0.05) is 6.42 Å². The smallest absolute Gasteiger partial charge is 0.250 e.